The van der Waals surface area contributed by atoms with Crippen molar-refractivity contribution in [2.75, 3.05) is 59.4 Å². The van der Waals surface area contributed by atoms with Gasteiger partial charge in [0, 0.05) is 56.2 Å². The molecule has 7 unspecified atom stereocenters. The predicted octanol–water partition coefficient (Wildman–Crippen LogP) is 6.83. The van der Waals surface area contributed by atoms with Gasteiger partial charge in [0.05, 0.1) is 49.6 Å². The lowest BCUT2D eigenvalue weighted by molar-refractivity contribution is -0.384. The minimum absolute atomic E-state index is 0.0109. The molecule has 6 rings (SSSR count). The van der Waals surface area contributed by atoms with Crippen LogP contribution in [0.15, 0.2) is 84.6 Å². The first kappa shape index (κ1) is 46.7. The lowest BCUT2D eigenvalue weighted by Gasteiger charge is -2.59. The summed E-state index contributed by atoms with van der Waals surface area (Å²) in [5, 5.41) is 45.7. The molecular formula is C46H61N3O13. The number of amides is 1. The average molecular weight is 864 g/mol. The molecule has 1 saturated carbocycles. The Labute approximate surface area is 362 Å². The third-order valence-corrected chi connectivity index (χ3v) is 12.0. The molecule has 2 aliphatic heterocycles. The standard InChI is InChI=1S/C46H61N3O13/c1-3-24-57-35-18-19-40-38(30-35)43-36(12-6-9-22-51)32(11-5-8-21-50)29-37-39(47-62-42-13-7-10-26-58-42)31-41(46(61-40,44(37)43)59-25-4-2)48(20-27-56-28-23-52)45(53)60-34-16-14-33(15-17-34)49(54)55/h3-4,14-19,29-30,32,36,41-44,50-52H,1-2,5-13,20-28,31H2. The number of hydrogen-bond acceptors (Lipinski definition) is 14. The van der Waals surface area contributed by atoms with Gasteiger partial charge in [0.25, 0.3) is 5.69 Å². The molecule has 2 heterocycles. The van der Waals surface area contributed by atoms with Gasteiger partial charge in [0.15, 0.2) is 0 Å². The fourth-order valence-electron chi connectivity index (χ4n) is 9.31. The fourth-order valence-corrected chi connectivity index (χ4v) is 9.31. The smallest absolute Gasteiger partial charge is 0.415 e. The third-order valence-electron chi connectivity index (χ3n) is 12.0. The molecule has 0 aromatic heterocycles. The zero-order chi connectivity index (χ0) is 43.9. The lowest BCUT2D eigenvalue weighted by Crippen LogP contribution is -2.70. The number of carbonyl (C=O) groups is 1. The van der Waals surface area contributed by atoms with E-state index in [1.807, 2.05) is 18.2 Å². The van der Waals surface area contributed by atoms with Crippen LogP contribution >= 0.6 is 0 Å². The molecule has 3 N–H and O–H groups in total. The zero-order valence-electron chi connectivity index (χ0n) is 35.4. The molecule has 2 aromatic carbocycles. The number of rotatable bonds is 24. The van der Waals surface area contributed by atoms with Crippen LogP contribution in [-0.2, 0) is 19.0 Å². The van der Waals surface area contributed by atoms with Crippen LogP contribution in [0.3, 0.4) is 0 Å². The summed E-state index contributed by atoms with van der Waals surface area (Å²) in [4.78, 5) is 33.3. The highest BCUT2D eigenvalue weighted by Gasteiger charge is 2.65. The zero-order valence-corrected chi connectivity index (χ0v) is 35.4. The van der Waals surface area contributed by atoms with E-state index in [-0.39, 0.29) is 81.8 Å². The second-order valence-electron chi connectivity index (χ2n) is 15.9. The van der Waals surface area contributed by atoms with Gasteiger partial charge in [-0.3, -0.25) is 15.0 Å². The van der Waals surface area contributed by atoms with Gasteiger partial charge >= 0.3 is 6.09 Å². The number of benzene rings is 2. The number of nitrogens with zero attached hydrogens (tertiary/aromatic N) is 3. The Morgan fingerprint density at radius 2 is 1.73 bits per heavy atom. The van der Waals surface area contributed by atoms with Crippen molar-refractivity contribution < 1.29 is 58.3 Å². The summed E-state index contributed by atoms with van der Waals surface area (Å²) in [5.41, 5.74) is 2.16. The van der Waals surface area contributed by atoms with E-state index in [0.717, 1.165) is 49.7 Å². The van der Waals surface area contributed by atoms with Crippen molar-refractivity contribution in [2.24, 2.45) is 22.9 Å². The van der Waals surface area contributed by atoms with E-state index in [9.17, 15) is 30.2 Å². The lowest BCUT2D eigenvalue weighted by atomic mass is 9.55. The van der Waals surface area contributed by atoms with Crippen molar-refractivity contribution in [1.29, 1.82) is 0 Å². The molecule has 7 atom stereocenters. The van der Waals surface area contributed by atoms with Gasteiger partial charge in [-0.05, 0) is 86.3 Å². The molecule has 1 saturated heterocycles. The van der Waals surface area contributed by atoms with Crippen molar-refractivity contribution in [1.82, 2.24) is 4.90 Å². The number of aliphatic hydroxyl groups is 3. The number of allylic oxidation sites excluding steroid dienone is 1. The average Bonchev–Trinajstić information content (AvgIpc) is 3.28. The first-order valence-electron chi connectivity index (χ1n) is 21.8. The highest BCUT2D eigenvalue weighted by atomic mass is 16.8. The third kappa shape index (κ3) is 11.0. The van der Waals surface area contributed by atoms with Crippen LogP contribution in [0.25, 0.3) is 0 Å². The highest BCUT2D eigenvalue weighted by molar-refractivity contribution is 6.03. The van der Waals surface area contributed by atoms with Crippen molar-refractivity contribution in [3.8, 4) is 17.2 Å². The molecule has 0 bridgehead atoms. The van der Waals surface area contributed by atoms with Crippen LogP contribution in [0, 0.1) is 27.9 Å². The van der Waals surface area contributed by atoms with Gasteiger partial charge in [-0.15, -0.1) is 6.58 Å². The van der Waals surface area contributed by atoms with Crippen LogP contribution in [0.5, 0.6) is 17.2 Å². The van der Waals surface area contributed by atoms with E-state index < -0.39 is 35.1 Å². The monoisotopic (exact) mass is 863 g/mol. The number of carbonyl (C=O) groups excluding carboxylic acids is 1. The first-order valence-corrected chi connectivity index (χ1v) is 21.8. The maximum atomic E-state index is 14.7. The number of non-ortho nitro benzene ring substituents is 1. The summed E-state index contributed by atoms with van der Waals surface area (Å²) in [6, 6.07) is 9.98. The van der Waals surface area contributed by atoms with Gasteiger partial charge in [-0.1, -0.05) is 42.8 Å². The van der Waals surface area contributed by atoms with Gasteiger partial charge in [-0.25, -0.2) is 4.79 Å². The Hall–Kier alpha value is -4.84. The number of oxime groups is 1. The molecule has 2 aromatic rings. The second-order valence-corrected chi connectivity index (χ2v) is 15.9. The first-order chi connectivity index (χ1) is 30.3. The van der Waals surface area contributed by atoms with Crippen LogP contribution in [0.1, 0.15) is 75.7 Å². The SMILES string of the molecule is C=CCOc1ccc2c(c1)C1C(CCCCO)C(CCCCO)C=C3C(=NOC4CCCCO4)CC(N(CCOCCO)C(=O)Oc4ccc([N+](=O)[O-])cc4)C(OCC=C)(O2)C31. The minimum atomic E-state index is -1.59. The molecule has 2 aliphatic carbocycles. The summed E-state index contributed by atoms with van der Waals surface area (Å²) in [5.74, 6) is -1.24. The maximum absolute atomic E-state index is 14.7. The van der Waals surface area contributed by atoms with Crippen molar-refractivity contribution in [3.05, 3.63) is 95.1 Å². The molecule has 4 aliphatic rings. The number of fused-ring (bicyclic) bond motifs is 2. The van der Waals surface area contributed by atoms with Crippen molar-refractivity contribution >= 4 is 17.5 Å². The van der Waals surface area contributed by atoms with Gasteiger partial charge in [0.1, 0.15) is 29.9 Å². The highest BCUT2D eigenvalue weighted by Crippen LogP contribution is 2.62. The van der Waals surface area contributed by atoms with E-state index >= 15 is 0 Å². The number of hydrogen-bond donors (Lipinski definition) is 3. The largest absolute Gasteiger partial charge is 0.490 e. The minimum Gasteiger partial charge on any atom is -0.490 e. The Morgan fingerprint density at radius 1 is 0.968 bits per heavy atom. The Morgan fingerprint density at radius 3 is 2.42 bits per heavy atom. The van der Waals surface area contributed by atoms with E-state index in [1.54, 1.807) is 12.2 Å². The van der Waals surface area contributed by atoms with Crippen molar-refractivity contribution in [3.63, 3.8) is 0 Å². The molecule has 62 heavy (non-hydrogen) atoms. The summed E-state index contributed by atoms with van der Waals surface area (Å²) in [7, 11) is 0. The molecule has 0 spiro atoms. The second kappa shape index (κ2) is 23.0. The Balaban J connectivity index is 1.56. The van der Waals surface area contributed by atoms with Gasteiger partial charge < -0.3 is 48.6 Å². The van der Waals surface area contributed by atoms with Crippen LogP contribution in [-0.4, -0.2) is 114 Å². The Bertz CT molecular complexity index is 1870. The summed E-state index contributed by atoms with van der Waals surface area (Å²) >= 11 is 0. The normalized spacial score (nSPS) is 25.7. The van der Waals surface area contributed by atoms with Crippen LogP contribution in [0.2, 0.25) is 0 Å². The summed E-state index contributed by atoms with van der Waals surface area (Å²) < 4.78 is 38.0. The van der Waals surface area contributed by atoms with Crippen LogP contribution in [0.4, 0.5) is 10.5 Å². The van der Waals surface area contributed by atoms with Crippen molar-refractivity contribution in [2.45, 2.75) is 88.2 Å². The molecular weight excluding hydrogens is 803 g/mol. The van der Waals surface area contributed by atoms with E-state index in [0.29, 0.717) is 49.7 Å². The number of nitro benzene ring substituents is 1. The molecule has 2 fully saturated rings. The molecule has 0 radical (unpaired) electrons. The van der Waals surface area contributed by atoms with Gasteiger partial charge in [0.2, 0.25) is 12.1 Å². The van der Waals surface area contributed by atoms with E-state index in [1.165, 1.54) is 29.2 Å². The predicted molar refractivity (Wildman–Crippen MR) is 229 cm³/mol. The Kier molecular flexibility index (Phi) is 17.3. The molecule has 16 nitrogen and oxygen atoms in total. The molecule has 338 valence electrons. The van der Waals surface area contributed by atoms with Gasteiger partial charge in [-0.2, -0.15) is 0 Å². The molecule has 16 heteroatoms. The van der Waals surface area contributed by atoms with Crippen LogP contribution < -0.4 is 14.2 Å². The topological polar surface area (TPSA) is 201 Å². The quantitative estimate of drug-likeness (QED) is 0.0430. The maximum Gasteiger partial charge on any atom is 0.415 e. The summed E-state index contributed by atoms with van der Waals surface area (Å²) in [6.45, 7) is 8.59. The number of ether oxygens (including phenoxy) is 6. The molecule has 1 amide bonds. The van der Waals surface area contributed by atoms with E-state index in [2.05, 4.69) is 19.2 Å². The summed E-state index contributed by atoms with van der Waals surface area (Å²) in [6.07, 6.45) is 11.1. The van der Waals surface area contributed by atoms with E-state index in [4.69, 9.17) is 38.4 Å². The number of nitro groups is 1. The number of unbranched alkanes of at least 4 members (excludes halogenated alkanes) is 2. The fraction of sp³-hybridized carbons (Fsp3) is 0.565. The number of aliphatic hydroxyl groups excluding tert-OH is 3.